The Morgan fingerprint density at radius 1 is 1.03 bits per heavy atom. The first-order chi connectivity index (χ1) is 14.3. The maximum Gasteiger partial charge on any atom is 0.337 e. The van der Waals surface area contributed by atoms with Gasteiger partial charge in [-0.3, -0.25) is 19.2 Å². The third-order valence-electron chi connectivity index (χ3n) is 4.51. The SMILES string of the molecule is COC(=O)c1cccc(NS(=O)(=O)c2cc(N3C(=O)CCCC3=O)ccc2OC)c1. The van der Waals surface area contributed by atoms with E-state index in [9.17, 15) is 22.8 Å². The fourth-order valence-electron chi connectivity index (χ4n) is 3.09. The minimum Gasteiger partial charge on any atom is -0.495 e. The van der Waals surface area contributed by atoms with Gasteiger partial charge in [0, 0.05) is 18.5 Å². The molecule has 0 unspecified atom stereocenters. The topological polar surface area (TPSA) is 119 Å². The Balaban J connectivity index is 2.00. The van der Waals surface area contributed by atoms with Gasteiger partial charge in [-0.05, 0) is 42.8 Å². The second-order valence-electron chi connectivity index (χ2n) is 6.49. The van der Waals surface area contributed by atoms with Crippen molar-refractivity contribution < 1.29 is 32.3 Å². The first kappa shape index (κ1) is 21.3. The second-order valence-corrected chi connectivity index (χ2v) is 8.14. The smallest absolute Gasteiger partial charge is 0.337 e. The normalized spacial score (nSPS) is 14.4. The van der Waals surface area contributed by atoms with Gasteiger partial charge in [0.15, 0.2) is 0 Å². The molecule has 30 heavy (non-hydrogen) atoms. The average Bonchev–Trinajstić information content (AvgIpc) is 2.72. The fourth-order valence-corrected chi connectivity index (χ4v) is 4.33. The van der Waals surface area contributed by atoms with E-state index in [1.807, 2.05) is 0 Å². The van der Waals surface area contributed by atoms with E-state index >= 15 is 0 Å². The van der Waals surface area contributed by atoms with Crippen LogP contribution in [0.2, 0.25) is 0 Å². The number of methoxy groups -OCH3 is 2. The Labute approximate surface area is 173 Å². The van der Waals surface area contributed by atoms with Crippen LogP contribution in [-0.4, -0.2) is 40.4 Å². The summed E-state index contributed by atoms with van der Waals surface area (Å²) in [6.07, 6.45) is 0.879. The molecule has 0 radical (unpaired) electrons. The molecule has 0 bridgehead atoms. The summed E-state index contributed by atoms with van der Waals surface area (Å²) in [6.45, 7) is 0. The summed E-state index contributed by atoms with van der Waals surface area (Å²) >= 11 is 0. The van der Waals surface area contributed by atoms with Gasteiger partial charge in [-0.1, -0.05) is 6.07 Å². The number of nitrogens with zero attached hydrogens (tertiary/aromatic N) is 1. The number of rotatable bonds is 6. The van der Waals surface area contributed by atoms with E-state index in [1.54, 1.807) is 0 Å². The van der Waals surface area contributed by atoms with Crippen LogP contribution < -0.4 is 14.4 Å². The summed E-state index contributed by atoms with van der Waals surface area (Å²) in [5.41, 5.74) is 0.451. The van der Waals surface area contributed by atoms with Crippen molar-refractivity contribution in [2.45, 2.75) is 24.2 Å². The molecule has 0 aliphatic carbocycles. The van der Waals surface area contributed by atoms with Crippen LogP contribution >= 0.6 is 0 Å². The third-order valence-corrected chi connectivity index (χ3v) is 5.91. The lowest BCUT2D eigenvalue weighted by Gasteiger charge is -2.25. The molecular weight excluding hydrogens is 412 g/mol. The van der Waals surface area contributed by atoms with Crippen molar-refractivity contribution in [3.05, 3.63) is 48.0 Å². The zero-order valence-corrected chi connectivity index (χ0v) is 17.2. The van der Waals surface area contributed by atoms with Crippen molar-refractivity contribution in [3.63, 3.8) is 0 Å². The zero-order chi connectivity index (χ0) is 21.9. The molecule has 158 valence electrons. The number of nitrogens with one attached hydrogen (secondary N) is 1. The van der Waals surface area contributed by atoms with Crippen LogP contribution in [0.25, 0.3) is 0 Å². The van der Waals surface area contributed by atoms with Crippen LogP contribution in [0.1, 0.15) is 29.6 Å². The van der Waals surface area contributed by atoms with Gasteiger partial charge < -0.3 is 9.47 Å². The number of carbonyl (C=O) groups is 3. The lowest BCUT2D eigenvalue weighted by molar-refractivity contribution is -0.129. The maximum absolute atomic E-state index is 13.0. The fraction of sp³-hybridized carbons (Fsp3) is 0.250. The Morgan fingerprint density at radius 2 is 1.73 bits per heavy atom. The van der Waals surface area contributed by atoms with Crippen LogP contribution in [0.15, 0.2) is 47.4 Å². The molecule has 10 heteroatoms. The summed E-state index contributed by atoms with van der Waals surface area (Å²) in [5, 5.41) is 0. The predicted molar refractivity (Wildman–Crippen MR) is 108 cm³/mol. The second kappa shape index (κ2) is 8.54. The number of imide groups is 1. The molecule has 1 N–H and O–H groups in total. The summed E-state index contributed by atoms with van der Waals surface area (Å²) in [4.78, 5) is 36.8. The summed E-state index contributed by atoms with van der Waals surface area (Å²) in [7, 11) is -1.65. The molecule has 1 aliphatic heterocycles. The van der Waals surface area contributed by atoms with Crippen LogP contribution in [-0.2, 0) is 24.3 Å². The molecule has 1 fully saturated rings. The quantitative estimate of drug-likeness (QED) is 0.550. The van der Waals surface area contributed by atoms with Crippen molar-refractivity contribution in [3.8, 4) is 5.75 Å². The predicted octanol–water partition coefficient (Wildman–Crippen LogP) is 2.33. The van der Waals surface area contributed by atoms with E-state index in [4.69, 9.17) is 4.74 Å². The number of amides is 2. The highest BCUT2D eigenvalue weighted by Crippen LogP contribution is 2.32. The number of hydrogen-bond acceptors (Lipinski definition) is 7. The zero-order valence-electron chi connectivity index (χ0n) is 16.4. The van der Waals surface area contributed by atoms with Gasteiger partial charge in [0.25, 0.3) is 10.0 Å². The molecule has 0 spiro atoms. The Morgan fingerprint density at radius 3 is 2.37 bits per heavy atom. The minimum atomic E-state index is -4.18. The number of anilines is 2. The number of ether oxygens (including phenoxy) is 2. The largest absolute Gasteiger partial charge is 0.495 e. The number of piperidine rings is 1. The molecule has 9 nitrogen and oxygen atoms in total. The van der Waals surface area contributed by atoms with E-state index in [1.165, 1.54) is 56.7 Å². The van der Waals surface area contributed by atoms with Gasteiger partial charge in [-0.15, -0.1) is 0 Å². The van der Waals surface area contributed by atoms with Crippen molar-refractivity contribution in [1.82, 2.24) is 0 Å². The number of hydrogen-bond donors (Lipinski definition) is 1. The van der Waals surface area contributed by atoms with Crippen LogP contribution in [0.4, 0.5) is 11.4 Å². The maximum atomic E-state index is 13.0. The van der Waals surface area contributed by atoms with Gasteiger partial charge in [-0.25, -0.2) is 13.2 Å². The molecule has 2 aromatic carbocycles. The lowest BCUT2D eigenvalue weighted by atomic mass is 10.1. The molecular formula is C20H20N2O7S. The third kappa shape index (κ3) is 4.28. The number of sulfonamides is 1. The van der Waals surface area contributed by atoms with Crippen molar-refractivity contribution >= 4 is 39.2 Å². The van der Waals surface area contributed by atoms with Crippen LogP contribution in [0, 0.1) is 0 Å². The number of esters is 1. The van der Waals surface area contributed by atoms with E-state index in [2.05, 4.69) is 9.46 Å². The first-order valence-electron chi connectivity index (χ1n) is 9.02. The van der Waals surface area contributed by atoms with Crippen LogP contribution in [0.3, 0.4) is 0 Å². The highest BCUT2D eigenvalue weighted by atomic mass is 32.2. The minimum absolute atomic E-state index is 0.0345. The molecule has 0 saturated carbocycles. The highest BCUT2D eigenvalue weighted by molar-refractivity contribution is 7.92. The first-order valence-corrected chi connectivity index (χ1v) is 10.5. The average molecular weight is 432 g/mol. The highest BCUT2D eigenvalue weighted by Gasteiger charge is 2.30. The Bertz CT molecular complexity index is 1100. The molecule has 3 rings (SSSR count). The number of carbonyl (C=O) groups excluding carboxylic acids is 3. The van der Waals surface area contributed by atoms with Gasteiger partial charge in [-0.2, -0.15) is 0 Å². The van der Waals surface area contributed by atoms with Crippen molar-refractivity contribution in [2.75, 3.05) is 23.8 Å². The molecule has 0 atom stereocenters. The monoisotopic (exact) mass is 432 g/mol. The van der Waals surface area contributed by atoms with Crippen molar-refractivity contribution in [2.24, 2.45) is 0 Å². The molecule has 0 aromatic heterocycles. The van der Waals surface area contributed by atoms with E-state index in [-0.39, 0.29) is 40.4 Å². The molecule has 1 aliphatic rings. The van der Waals surface area contributed by atoms with E-state index < -0.39 is 27.8 Å². The summed E-state index contributed by atoms with van der Waals surface area (Å²) in [6, 6.07) is 9.84. The van der Waals surface area contributed by atoms with Gasteiger partial charge in [0.1, 0.15) is 10.6 Å². The summed E-state index contributed by atoms with van der Waals surface area (Å²) < 4.78 is 38.2. The molecule has 1 heterocycles. The molecule has 2 amide bonds. The van der Waals surface area contributed by atoms with Gasteiger partial charge >= 0.3 is 5.97 Å². The van der Waals surface area contributed by atoms with Gasteiger partial charge in [0.05, 0.1) is 25.5 Å². The number of benzene rings is 2. The molecule has 1 saturated heterocycles. The standard InChI is InChI=1S/C20H20N2O7S/c1-28-16-10-9-15(22-18(23)7-4-8-19(22)24)12-17(16)30(26,27)21-14-6-3-5-13(11-14)20(25)29-2/h3,5-6,9-12,21H,4,7-8H2,1-2H3. The van der Waals surface area contributed by atoms with Crippen molar-refractivity contribution in [1.29, 1.82) is 0 Å². The van der Waals surface area contributed by atoms with Crippen LogP contribution in [0.5, 0.6) is 5.75 Å². The van der Waals surface area contributed by atoms with E-state index in [0.29, 0.717) is 6.42 Å². The Hall–Kier alpha value is -3.40. The van der Waals surface area contributed by atoms with E-state index in [0.717, 1.165) is 4.90 Å². The summed E-state index contributed by atoms with van der Waals surface area (Å²) in [5.74, 6) is -1.36. The van der Waals surface area contributed by atoms with Gasteiger partial charge in [0.2, 0.25) is 11.8 Å². The lowest BCUT2D eigenvalue weighted by Crippen LogP contribution is -2.40. The Kier molecular flexibility index (Phi) is 6.06. The molecule has 2 aromatic rings.